The first-order chi connectivity index (χ1) is 9.95. The van der Waals surface area contributed by atoms with E-state index in [4.69, 9.17) is 4.98 Å². The van der Waals surface area contributed by atoms with Crippen molar-refractivity contribution in [3.05, 3.63) is 11.4 Å². The Hall–Kier alpha value is -1.32. The van der Waals surface area contributed by atoms with Crippen molar-refractivity contribution in [2.45, 2.75) is 66.2 Å². The summed E-state index contributed by atoms with van der Waals surface area (Å²) in [6, 6.07) is 0. The van der Waals surface area contributed by atoms with Crippen molar-refractivity contribution in [2.75, 3.05) is 23.7 Å². The van der Waals surface area contributed by atoms with E-state index >= 15 is 0 Å². The molecule has 1 aromatic rings. The molecule has 1 fully saturated rings. The van der Waals surface area contributed by atoms with Crippen LogP contribution in [-0.2, 0) is 0 Å². The van der Waals surface area contributed by atoms with Crippen LogP contribution in [0.1, 0.15) is 70.7 Å². The lowest BCUT2D eigenvalue weighted by Crippen LogP contribution is -2.33. The molecular formula is C17H30N4. The van der Waals surface area contributed by atoms with Crippen molar-refractivity contribution in [3.8, 4) is 0 Å². The van der Waals surface area contributed by atoms with Gasteiger partial charge in [0.1, 0.15) is 17.5 Å². The van der Waals surface area contributed by atoms with Crippen LogP contribution in [0, 0.1) is 12.3 Å². The van der Waals surface area contributed by atoms with Gasteiger partial charge in [-0.1, -0.05) is 34.1 Å². The average Bonchev–Trinajstić information content (AvgIpc) is 2.42. The van der Waals surface area contributed by atoms with Gasteiger partial charge in [-0.15, -0.1) is 0 Å². The second-order valence-electron chi connectivity index (χ2n) is 7.00. The third-order valence-corrected chi connectivity index (χ3v) is 4.47. The number of anilines is 2. The highest BCUT2D eigenvalue weighted by molar-refractivity contribution is 5.57. The summed E-state index contributed by atoms with van der Waals surface area (Å²) in [5.74, 6) is 3.24. The first-order valence-corrected chi connectivity index (χ1v) is 8.31. The molecule has 0 aromatic carbocycles. The smallest absolute Gasteiger partial charge is 0.135 e. The fraction of sp³-hybridized carbons (Fsp3) is 0.765. The van der Waals surface area contributed by atoms with E-state index in [1.54, 1.807) is 0 Å². The molecule has 0 saturated heterocycles. The van der Waals surface area contributed by atoms with Gasteiger partial charge in [-0.2, -0.15) is 0 Å². The van der Waals surface area contributed by atoms with Crippen LogP contribution in [0.2, 0.25) is 0 Å². The molecule has 118 valence electrons. The van der Waals surface area contributed by atoms with Crippen molar-refractivity contribution < 1.29 is 0 Å². The molecule has 2 rings (SSSR count). The van der Waals surface area contributed by atoms with Crippen LogP contribution in [0.3, 0.4) is 0 Å². The summed E-state index contributed by atoms with van der Waals surface area (Å²) in [5.41, 5.74) is 1.59. The Morgan fingerprint density at radius 3 is 2.24 bits per heavy atom. The normalized spacial score (nSPS) is 16.7. The van der Waals surface area contributed by atoms with E-state index in [2.05, 4.69) is 50.2 Å². The summed E-state index contributed by atoms with van der Waals surface area (Å²) in [4.78, 5) is 9.43. The number of hydrogen-bond donors (Lipinski definition) is 2. The first-order valence-electron chi connectivity index (χ1n) is 8.31. The van der Waals surface area contributed by atoms with E-state index < -0.39 is 0 Å². The highest BCUT2D eigenvalue weighted by Gasteiger charge is 2.31. The van der Waals surface area contributed by atoms with Crippen LogP contribution in [0.4, 0.5) is 11.6 Å². The monoisotopic (exact) mass is 290 g/mol. The maximum atomic E-state index is 4.74. The van der Waals surface area contributed by atoms with Gasteiger partial charge >= 0.3 is 0 Å². The van der Waals surface area contributed by atoms with Crippen molar-refractivity contribution in [1.29, 1.82) is 0 Å². The SMILES string of the molecule is CCCNc1nc(C(C)C)nc(NCC2(C)CCC2)c1C. The maximum Gasteiger partial charge on any atom is 0.135 e. The zero-order valence-corrected chi connectivity index (χ0v) is 14.2. The van der Waals surface area contributed by atoms with Gasteiger partial charge in [0, 0.05) is 24.6 Å². The summed E-state index contributed by atoms with van der Waals surface area (Å²) in [6.45, 7) is 12.9. The van der Waals surface area contributed by atoms with Crippen LogP contribution < -0.4 is 10.6 Å². The molecule has 0 amide bonds. The third-order valence-electron chi connectivity index (χ3n) is 4.47. The second kappa shape index (κ2) is 6.63. The summed E-state index contributed by atoms with van der Waals surface area (Å²) in [7, 11) is 0. The van der Waals surface area contributed by atoms with E-state index in [0.717, 1.165) is 42.5 Å². The molecule has 1 saturated carbocycles. The topological polar surface area (TPSA) is 49.8 Å². The molecule has 0 bridgehead atoms. The lowest BCUT2D eigenvalue weighted by molar-refractivity contribution is 0.179. The summed E-state index contributed by atoms with van der Waals surface area (Å²) < 4.78 is 0. The third kappa shape index (κ3) is 3.86. The summed E-state index contributed by atoms with van der Waals surface area (Å²) >= 11 is 0. The molecule has 0 spiro atoms. The molecule has 4 heteroatoms. The fourth-order valence-corrected chi connectivity index (χ4v) is 2.63. The van der Waals surface area contributed by atoms with Crippen molar-refractivity contribution in [1.82, 2.24) is 9.97 Å². The predicted octanol–water partition coefficient (Wildman–Crippen LogP) is 4.33. The molecule has 2 N–H and O–H groups in total. The van der Waals surface area contributed by atoms with Crippen molar-refractivity contribution in [2.24, 2.45) is 5.41 Å². The second-order valence-corrected chi connectivity index (χ2v) is 7.00. The minimum absolute atomic E-state index is 0.340. The quantitative estimate of drug-likeness (QED) is 0.784. The lowest BCUT2D eigenvalue weighted by Gasteiger charge is -2.38. The number of hydrogen-bond acceptors (Lipinski definition) is 4. The minimum Gasteiger partial charge on any atom is -0.370 e. The van der Waals surface area contributed by atoms with E-state index in [9.17, 15) is 0 Å². The van der Waals surface area contributed by atoms with Crippen LogP contribution in [0.25, 0.3) is 0 Å². The Kier molecular flexibility index (Phi) is 5.07. The molecule has 0 radical (unpaired) electrons. The molecule has 1 heterocycles. The molecule has 1 aliphatic rings. The number of nitrogens with zero attached hydrogens (tertiary/aromatic N) is 2. The average molecular weight is 290 g/mol. The standard InChI is InChI=1S/C17H30N4/c1-6-10-18-15-13(4)16(21-14(20-15)12(2)3)19-11-17(5)8-7-9-17/h12H,6-11H2,1-5H3,(H2,18,19,20,21). The molecule has 4 nitrogen and oxygen atoms in total. The van der Waals surface area contributed by atoms with E-state index in [-0.39, 0.29) is 0 Å². The van der Waals surface area contributed by atoms with Crippen molar-refractivity contribution >= 4 is 11.6 Å². The first kappa shape index (κ1) is 16.1. The maximum absolute atomic E-state index is 4.74. The molecule has 0 atom stereocenters. The molecule has 0 unspecified atom stereocenters. The molecule has 1 aromatic heterocycles. The number of rotatable bonds is 7. The molecule has 1 aliphatic carbocycles. The van der Waals surface area contributed by atoms with Gasteiger partial charge in [-0.05, 0) is 31.6 Å². The van der Waals surface area contributed by atoms with Gasteiger partial charge in [0.2, 0.25) is 0 Å². The van der Waals surface area contributed by atoms with Crippen LogP contribution >= 0.6 is 0 Å². The van der Waals surface area contributed by atoms with Gasteiger partial charge in [0.15, 0.2) is 0 Å². The summed E-state index contributed by atoms with van der Waals surface area (Å²) in [5, 5.41) is 7.01. The number of nitrogens with one attached hydrogen (secondary N) is 2. The van der Waals surface area contributed by atoms with E-state index in [1.807, 2.05) is 0 Å². The minimum atomic E-state index is 0.340. The zero-order valence-electron chi connectivity index (χ0n) is 14.2. The van der Waals surface area contributed by atoms with Crippen LogP contribution in [0.15, 0.2) is 0 Å². The Bertz CT molecular complexity index is 478. The molecular weight excluding hydrogens is 260 g/mol. The lowest BCUT2D eigenvalue weighted by atomic mass is 9.70. The Balaban J connectivity index is 2.18. The van der Waals surface area contributed by atoms with E-state index in [1.165, 1.54) is 19.3 Å². The Labute approximate surface area is 129 Å². The largest absolute Gasteiger partial charge is 0.370 e. The van der Waals surface area contributed by atoms with Gasteiger partial charge in [0.05, 0.1) is 0 Å². The Morgan fingerprint density at radius 1 is 1.14 bits per heavy atom. The van der Waals surface area contributed by atoms with Gasteiger partial charge in [0.25, 0.3) is 0 Å². The zero-order chi connectivity index (χ0) is 15.5. The summed E-state index contributed by atoms with van der Waals surface area (Å²) in [6.07, 6.45) is 5.10. The Morgan fingerprint density at radius 2 is 1.76 bits per heavy atom. The van der Waals surface area contributed by atoms with E-state index in [0.29, 0.717) is 11.3 Å². The highest BCUT2D eigenvalue weighted by atomic mass is 15.1. The highest BCUT2D eigenvalue weighted by Crippen LogP contribution is 2.40. The van der Waals surface area contributed by atoms with Gasteiger partial charge in [-0.3, -0.25) is 0 Å². The molecule has 0 aliphatic heterocycles. The van der Waals surface area contributed by atoms with Crippen LogP contribution in [0.5, 0.6) is 0 Å². The van der Waals surface area contributed by atoms with Gasteiger partial charge in [-0.25, -0.2) is 9.97 Å². The van der Waals surface area contributed by atoms with Gasteiger partial charge < -0.3 is 10.6 Å². The van der Waals surface area contributed by atoms with Crippen molar-refractivity contribution in [3.63, 3.8) is 0 Å². The number of aromatic nitrogens is 2. The molecule has 21 heavy (non-hydrogen) atoms. The predicted molar refractivity (Wildman–Crippen MR) is 90.1 cm³/mol. The fourth-order valence-electron chi connectivity index (χ4n) is 2.63. The van der Waals surface area contributed by atoms with Crippen LogP contribution in [-0.4, -0.2) is 23.1 Å².